The van der Waals surface area contributed by atoms with Gasteiger partial charge >= 0.3 is 5.97 Å². The van der Waals surface area contributed by atoms with Gasteiger partial charge in [0.15, 0.2) is 0 Å². The molecular weight excluding hydrogens is 206 g/mol. The predicted octanol–water partition coefficient (Wildman–Crippen LogP) is 1.11. The molecule has 5 heteroatoms. The average Bonchev–Trinajstić information content (AvgIpc) is 2.82. The van der Waals surface area contributed by atoms with Gasteiger partial charge in [0, 0.05) is 0 Å². The number of carbonyl (C=O) groups excluding carboxylic acids is 1. The second kappa shape index (κ2) is 4.57. The van der Waals surface area contributed by atoms with E-state index in [9.17, 15) is 4.79 Å². The third kappa shape index (κ3) is 2.25. The van der Waals surface area contributed by atoms with Crippen LogP contribution in [0, 0.1) is 0 Å². The molecule has 1 aromatic carbocycles. The Kier molecular flexibility index (Phi) is 2.95. The molecular formula is C11H11N3O2. The standard InChI is InChI=1S/C11H11N3O2/c1-16-11(15)10-4-2-9(3-5-10)6-14-8-12-7-13-14/h2-5,7-8H,6H2,1H3. The van der Waals surface area contributed by atoms with E-state index in [0.29, 0.717) is 12.1 Å². The molecule has 0 bridgehead atoms. The van der Waals surface area contributed by atoms with Crippen molar-refractivity contribution in [2.24, 2.45) is 0 Å². The summed E-state index contributed by atoms with van der Waals surface area (Å²) in [6, 6.07) is 7.21. The fraction of sp³-hybridized carbons (Fsp3) is 0.182. The highest BCUT2D eigenvalue weighted by molar-refractivity contribution is 5.89. The quantitative estimate of drug-likeness (QED) is 0.723. The van der Waals surface area contributed by atoms with E-state index in [4.69, 9.17) is 0 Å². The summed E-state index contributed by atoms with van der Waals surface area (Å²) in [5.41, 5.74) is 1.60. The zero-order valence-corrected chi connectivity index (χ0v) is 8.83. The molecule has 0 amide bonds. The van der Waals surface area contributed by atoms with Crippen molar-refractivity contribution < 1.29 is 9.53 Å². The van der Waals surface area contributed by atoms with Crippen LogP contribution in [0.1, 0.15) is 15.9 Å². The van der Waals surface area contributed by atoms with Gasteiger partial charge in [0.05, 0.1) is 19.2 Å². The van der Waals surface area contributed by atoms with Gasteiger partial charge in [-0.15, -0.1) is 0 Å². The first-order chi connectivity index (χ1) is 7.79. The number of ether oxygens (including phenoxy) is 1. The Balaban J connectivity index is 2.10. The van der Waals surface area contributed by atoms with Gasteiger partial charge in [-0.05, 0) is 17.7 Å². The topological polar surface area (TPSA) is 57.0 Å². The number of hydrogen-bond acceptors (Lipinski definition) is 4. The summed E-state index contributed by atoms with van der Waals surface area (Å²) in [6.45, 7) is 0.640. The molecule has 0 fully saturated rings. The molecule has 5 nitrogen and oxygen atoms in total. The third-order valence-electron chi connectivity index (χ3n) is 2.19. The van der Waals surface area contributed by atoms with Crippen molar-refractivity contribution in [3.63, 3.8) is 0 Å². The van der Waals surface area contributed by atoms with Crippen LogP contribution in [0.4, 0.5) is 0 Å². The van der Waals surface area contributed by atoms with Gasteiger partial charge in [0.1, 0.15) is 12.7 Å². The fourth-order valence-electron chi connectivity index (χ4n) is 1.37. The van der Waals surface area contributed by atoms with Crippen molar-refractivity contribution in [3.05, 3.63) is 48.0 Å². The summed E-state index contributed by atoms with van der Waals surface area (Å²) in [4.78, 5) is 15.0. The second-order valence-electron chi connectivity index (χ2n) is 3.28. The molecule has 0 aliphatic rings. The maximum Gasteiger partial charge on any atom is 0.337 e. The lowest BCUT2D eigenvalue weighted by Gasteiger charge is -2.02. The lowest BCUT2D eigenvalue weighted by atomic mass is 10.1. The Hall–Kier alpha value is -2.17. The maximum atomic E-state index is 11.2. The minimum absolute atomic E-state index is 0.327. The molecule has 2 rings (SSSR count). The minimum Gasteiger partial charge on any atom is -0.465 e. The van der Waals surface area contributed by atoms with E-state index in [0.717, 1.165) is 5.56 Å². The number of methoxy groups -OCH3 is 1. The first-order valence-corrected chi connectivity index (χ1v) is 4.79. The summed E-state index contributed by atoms with van der Waals surface area (Å²) in [5.74, 6) is -0.327. The number of hydrogen-bond donors (Lipinski definition) is 0. The summed E-state index contributed by atoms with van der Waals surface area (Å²) in [5, 5.41) is 4.00. The number of aromatic nitrogens is 3. The Labute approximate surface area is 92.7 Å². The third-order valence-corrected chi connectivity index (χ3v) is 2.19. The van der Waals surface area contributed by atoms with Crippen LogP contribution >= 0.6 is 0 Å². The SMILES string of the molecule is COC(=O)c1ccc(Cn2cncn2)cc1. The average molecular weight is 217 g/mol. The van der Waals surface area contributed by atoms with Gasteiger partial charge in [-0.2, -0.15) is 5.10 Å². The van der Waals surface area contributed by atoms with Crippen LogP contribution in [-0.2, 0) is 11.3 Å². The van der Waals surface area contributed by atoms with Crippen molar-refractivity contribution >= 4 is 5.97 Å². The Morgan fingerprint density at radius 2 is 2.12 bits per heavy atom. The Bertz CT molecular complexity index is 462. The Morgan fingerprint density at radius 3 is 2.69 bits per heavy atom. The number of benzene rings is 1. The van der Waals surface area contributed by atoms with Gasteiger partial charge in [-0.1, -0.05) is 12.1 Å². The molecule has 0 aliphatic heterocycles. The molecule has 82 valence electrons. The van der Waals surface area contributed by atoms with Gasteiger partial charge in [0.2, 0.25) is 0 Å². The minimum atomic E-state index is -0.327. The lowest BCUT2D eigenvalue weighted by Crippen LogP contribution is -2.03. The zero-order chi connectivity index (χ0) is 11.4. The van der Waals surface area contributed by atoms with Crippen LogP contribution in [0.5, 0.6) is 0 Å². The highest BCUT2D eigenvalue weighted by Crippen LogP contribution is 2.06. The van der Waals surface area contributed by atoms with Crippen LogP contribution in [0.15, 0.2) is 36.9 Å². The molecule has 0 aliphatic carbocycles. The molecule has 0 saturated carbocycles. The van der Waals surface area contributed by atoms with Crippen molar-refractivity contribution in [2.45, 2.75) is 6.54 Å². The van der Waals surface area contributed by atoms with Gasteiger partial charge in [0.25, 0.3) is 0 Å². The molecule has 0 N–H and O–H groups in total. The van der Waals surface area contributed by atoms with Crippen molar-refractivity contribution in [2.75, 3.05) is 7.11 Å². The van der Waals surface area contributed by atoms with E-state index < -0.39 is 0 Å². The molecule has 0 saturated heterocycles. The van der Waals surface area contributed by atoms with Crippen LogP contribution in [-0.4, -0.2) is 27.8 Å². The summed E-state index contributed by atoms with van der Waals surface area (Å²) >= 11 is 0. The highest BCUT2D eigenvalue weighted by atomic mass is 16.5. The summed E-state index contributed by atoms with van der Waals surface area (Å²) in [6.07, 6.45) is 3.14. The van der Waals surface area contributed by atoms with E-state index in [1.54, 1.807) is 23.1 Å². The molecule has 1 heterocycles. The van der Waals surface area contributed by atoms with E-state index in [2.05, 4.69) is 14.8 Å². The van der Waals surface area contributed by atoms with Crippen LogP contribution in [0.2, 0.25) is 0 Å². The monoisotopic (exact) mass is 217 g/mol. The molecule has 0 spiro atoms. The van der Waals surface area contributed by atoms with Crippen molar-refractivity contribution in [3.8, 4) is 0 Å². The van der Waals surface area contributed by atoms with E-state index in [1.807, 2.05) is 12.1 Å². The fourth-order valence-corrected chi connectivity index (χ4v) is 1.37. The molecule has 0 radical (unpaired) electrons. The maximum absolute atomic E-state index is 11.2. The second-order valence-corrected chi connectivity index (χ2v) is 3.28. The number of rotatable bonds is 3. The summed E-state index contributed by atoms with van der Waals surface area (Å²) < 4.78 is 6.33. The summed E-state index contributed by atoms with van der Waals surface area (Å²) in [7, 11) is 1.37. The molecule has 0 atom stereocenters. The molecule has 1 aromatic heterocycles. The van der Waals surface area contributed by atoms with Crippen LogP contribution in [0.25, 0.3) is 0 Å². The number of nitrogens with zero attached hydrogens (tertiary/aromatic N) is 3. The van der Waals surface area contributed by atoms with Crippen molar-refractivity contribution in [1.82, 2.24) is 14.8 Å². The van der Waals surface area contributed by atoms with Gasteiger partial charge in [-0.25, -0.2) is 14.5 Å². The normalized spacial score (nSPS) is 10.1. The largest absolute Gasteiger partial charge is 0.465 e. The van der Waals surface area contributed by atoms with Gasteiger partial charge in [-0.3, -0.25) is 0 Å². The van der Waals surface area contributed by atoms with E-state index in [1.165, 1.54) is 13.4 Å². The zero-order valence-electron chi connectivity index (χ0n) is 8.83. The van der Waals surface area contributed by atoms with Gasteiger partial charge < -0.3 is 4.74 Å². The first kappa shape index (κ1) is 10.4. The molecule has 2 aromatic rings. The highest BCUT2D eigenvalue weighted by Gasteiger charge is 2.04. The van der Waals surface area contributed by atoms with E-state index >= 15 is 0 Å². The Morgan fingerprint density at radius 1 is 1.38 bits per heavy atom. The number of esters is 1. The molecule has 16 heavy (non-hydrogen) atoms. The smallest absolute Gasteiger partial charge is 0.337 e. The predicted molar refractivity (Wildman–Crippen MR) is 56.9 cm³/mol. The van der Waals surface area contributed by atoms with Crippen LogP contribution < -0.4 is 0 Å². The first-order valence-electron chi connectivity index (χ1n) is 4.79. The van der Waals surface area contributed by atoms with Crippen LogP contribution in [0.3, 0.4) is 0 Å². The lowest BCUT2D eigenvalue weighted by molar-refractivity contribution is 0.0600. The molecule has 0 unspecified atom stereocenters. The van der Waals surface area contributed by atoms with Crippen molar-refractivity contribution in [1.29, 1.82) is 0 Å². The number of carbonyl (C=O) groups is 1. The van der Waals surface area contributed by atoms with E-state index in [-0.39, 0.29) is 5.97 Å².